The predicted molar refractivity (Wildman–Crippen MR) is 57.5 cm³/mol. The van der Waals surface area contributed by atoms with Gasteiger partial charge < -0.3 is 0 Å². The van der Waals surface area contributed by atoms with Gasteiger partial charge in [0.25, 0.3) is 0 Å². The highest BCUT2D eigenvalue weighted by Crippen LogP contribution is 2.17. The van der Waals surface area contributed by atoms with E-state index in [0.29, 0.717) is 5.02 Å². The normalized spacial score (nSPS) is 11.5. The molecule has 0 radical (unpaired) electrons. The highest BCUT2D eigenvalue weighted by atomic mass is 127. The number of hydrogen-bond acceptors (Lipinski definition) is 2. The molecule has 0 aliphatic rings. The van der Waals surface area contributed by atoms with Crippen molar-refractivity contribution in [2.75, 3.05) is 3.76 Å². The minimum Gasteiger partial charge on any atom is -0.223 e. The molecule has 0 saturated carbocycles. The Morgan fingerprint density at radius 3 is 2.58 bits per heavy atom. The molecule has 0 atom stereocenters. The summed E-state index contributed by atoms with van der Waals surface area (Å²) in [5.41, 5.74) is 0. The molecule has 0 aliphatic carbocycles. The van der Waals surface area contributed by atoms with Crippen molar-refractivity contribution in [3.05, 3.63) is 29.3 Å². The van der Waals surface area contributed by atoms with Gasteiger partial charge in [0.15, 0.2) is 9.84 Å². The molecule has 0 fully saturated rings. The first kappa shape index (κ1) is 10.3. The molecule has 0 aromatic heterocycles. The van der Waals surface area contributed by atoms with Gasteiger partial charge in [-0.3, -0.25) is 0 Å². The number of benzene rings is 1. The van der Waals surface area contributed by atoms with E-state index in [0.717, 1.165) is 0 Å². The topological polar surface area (TPSA) is 34.1 Å². The molecular weight excluding hydrogens is 310 g/mol. The van der Waals surface area contributed by atoms with Gasteiger partial charge >= 0.3 is 0 Å². The molecule has 0 unspecified atom stereocenters. The lowest BCUT2D eigenvalue weighted by molar-refractivity contribution is 0.601. The summed E-state index contributed by atoms with van der Waals surface area (Å²) in [4.78, 5) is 0.282. The molecule has 66 valence electrons. The Morgan fingerprint density at radius 2 is 2.08 bits per heavy atom. The van der Waals surface area contributed by atoms with Crippen LogP contribution < -0.4 is 0 Å². The molecule has 0 bridgehead atoms. The van der Waals surface area contributed by atoms with Crippen molar-refractivity contribution in [2.45, 2.75) is 4.90 Å². The molecular formula is C7H6ClIO2S. The predicted octanol–water partition coefficient (Wildman–Crippen LogP) is 2.51. The Bertz CT molecular complexity index is 375. The van der Waals surface area contributed by atoms with Crippen LogP contribution in [-0.4, -0.2) is 12.2 Å². The van der Waals surface area contributed by atoms with Crippen molar-refractivity contribution in [1.29, 1.82) is 0 Å². The fraction of sp³-hybridized carbons (Fsp3) is 0.143. The van der Waals surface area contributed by atoms with Crippen molar-refractivity contribution in [3.63, 3.8) is 0 Å². The summed E-state index contributed by atoms with van der Waals surface area (Å²) >= 11 is 7.46. The largest absolute Gasteiger partial charge is 0.223 e. The maximum Gasteiger partial charge on any atom is 0.187 e. The zero-order valence-electron chi connectivity index (χ0n) is 6.00. The number of alkyl halides is 1. The number of rotatable bonds is 2. The zero-order valence-corrected chi connectivity index (χ0v) is 9.73. The second-order valence-corrected chi connectivity index (χ2v) is 6.41. The van der Waals surface area contributed by atoms with Crippen LogP contribution in [0.3, 0.4) is 0 Å². The molecule has 0 amide bonds. The van der Waals surface area contributed by atoms with Crippen molar-refractivity contribution < 1.29 is 8.42 Å². The second-order valence-electron chi connectivity index (χ2n) is 2.18. The number of sulfone groups is 1. The van der Waals surface area contributed by atoms with E-state index < -0.39 is 9.84 Å². The van der Waals surface area contributed by atoms with Gasteiger partial charge in [-0.25, -0.2) is 8.42 Å². The third-order valence-corrected chi connectivity index (χ3v) is 5.25. The zero-order chi connectivity index (χ0) is 9.19. The van der Waals surface area contributed by atoms with Gasteiger partial charge in [-0.05, 0) is 18.2 Å². The SMILES string of the molecule is O=S(=O)(CI)c1cccc(Cl)c1. The first-order valence-corrected chi connectivity index (χ1v) is 6.66. The van der Waals surface area contributed by atoms with Gasteiger partial charge in [0.2, 0.25) is 0 Å². The van der Waals surface area contributed by atoms with Crippen LogP contribution in [0.4, 0.5) is 0 Å². The Labute approximate surface area is 90.0 Å². The smallest absolute Gasteiger partial charge is 0.187 e. The fourth-order valence-corrected chi connectivity index (χ4v) is 2.78. The number of halogens is 2. The van der Waals surface area contributed by atoms with E-state index in [4.69, 9.17) is 11.6 Å². The van der Waals surface area contributed by atoms with Crippen LogP contribution in [0.25, 0.3) is 0 Å². The van der Waals surface area contributed by atoms with Gasteiger partial charge in [0.1, 0.15) is 3.76 Å². The average Bonchev–Trinajstić information content (AvgIpc) is 2.05. The molecule has 0 heterocycles. The summed E-state index contributed by atoms with van der Waals surface area (Å²) in [6.07, 6.45) is 0. The summed E-state index contributed by atoms with van der Waals surface area (Å²) in [6, 6.07) is 6.27. The molecule has 5 heteroatoms. The average molecular weight is 317 g/mol. The highest BCUT2D eigenvalue weighted by Gasteiger charge is 2.11. The maximum atomic E-state index is 11.3. The minimum absolute atomic E-state index is 0.0745. The van der Waals surface area contributed by atoms with E-state index in [-0.39, 0.29) is 8.66 Å². The van der Waals surface area contributed by atoms with Gasteiger partial charge in [0.05, 0.1) is 4.90 Å². The molecule has 0 saturated heterocycles. The van der Waals surface area contributed by atoms with Crippen LogP contribution >= 0.6 is 34.2 Å². The lowest BCUT2D eigenvalue weighted by Gasteiger charge is -1.99. The van der Waals surface area contributed by atoms with E-state index in [1.807, 2.05) is 22.6 Å². The van der Waals surface area contributed by atoms with Crippen molar-refractivity contribution in [2.24, 2.45) is 0 Å². The van der Waals surface area contributed by atoms with Gasteiger partial charge in [-0.2, -0.15) is 0 Å². The molecule has 12 heavy (non-hydrogen) atoms. The van der Waals surface area contributed by atoms with Crippen LogP contribution in [0.5, 0.6) is 0 Å². The van der Waals surface area contributed by atoms with Crippen molar-refractivity contribution in [3.8, 4) is 0 Å². The van der Waals surface area contributed by atoms with Crippen LogP contribution in [0.15, 0.2) is 29.2 Å². The van der Waals surface area contributed by atoms with Crippen LogP contribution in [0, 0.1) is 0 Å². The van der Waals surface area contributed by atoms with E-state index in [9.17, 15) is 8.42 Å². The van der Waals surface area contributed by atoms with Crippen LogP contribution in [0.2, 0.25) is 5.02 Å². The standard InChI is InChI=1S/C7H6ClIO2S/c8-6-2-1-3-7(4-6)12(10,11)5-9/h1-4H,5H2. The summed E-state index contributed by atoms with van der Waals surface area (Å²) in [5.74, 6) is 0. The van der Waals surface area contributed by atoms with Crippen molar-refractivity contribution >= 4 is 44.0 Å². The molecule has 0 aliphatic heterocycles. The van der Waals surface area contributed by atoms with Crippen LogP contribution in [-0.2, 0) is 9.84 Å². The third-order valence-electron chi connectivity index (χ3n) is 1.30. The summed E-state index contributed by atoms with van der Waals surface area (Å²) in [6.45, 7) is 0. The van der Waals surface area contributed by atoms with E-state index >= 15 is 0 Å². The van der Waals surface area contributed by atoms with E-state index in [2.05, 4.69) is 0 Å². The summed E-state index contributed by atoms with van der Waals surface area (Å²) in [7, 11) is -3.12. The van der Waals surface area contributed by atoms with E-state index in [1.54, 1.807) is 18.2 Å². The Morgan fingerprint density at radius 1 is 1.42 bits per heavy atom. The Kier molecular flexibility index (Phi) is 3.37. The van der Waals surface area contributed by atoms with Gasteiger partial charge in [-0.1, -0.05) is 40.3 Å². The highest BCUT2D eigenvalue weighted by molar-refractivity contribution is 14.1. The Balaban J connectivity index is 3.21. The molecule has 0 spiro atoms. The lowest BCUT2D eigenvalue weighted by atomic mass is 10.4. The first-order valence-electron chi connectivity index (χ1n) is 3.10. The third kappa shape index (κ3) is 2.34. The molecule has 1 aromatic rings. The summed E-state index contributed by atoms with van der Waals surface area (Å²) in [5, 5.41) is 0.445. The van der Waals surface area contributed by atoms with E-state index in [1.165, 1.54) is 6.07 Å². The minimum atomic E-state index is -3.12. The van der Waals surface area contributed by atoms with Crippen LogP contribution in [0.1, 0.15) is 0 Å². The first-order chi connectivity index (χ1) is 5.56. The van der Waals surface area contributed by atoms with Crippen molar-refractivity contribution in [1.82, 2.24) is 0 Å². The molecule has 0 N–H and O–H groups in total. The maximum absolute atomic E-state index is 11.3. The monoisotopic (exact) mass is 316 g/mol. The lowest BCUT2D eigenvalue weighted by Crippen LogP contribution is -2.00. The molecule has 1 rings (SSSR count). The fourth-order valence-electron chi connectivity index (χ4n) is 0.723. The molecule has 1 aromatic carbocycles. The Hall–Kier alpha value is 0.190. The van der Waals surface area contributed by atoms with Gasteiger partial charge in [-0.15, -0.1) is 0 Å². The molecule has 2 nitrogen and oxygen atoms in total. The van der Waals surface area contributed by atoms with Gasteiger partial charge in [0, 0.05) is 5.02 Å². The second kappa shape index (κ2) is 3.93. The number of hydrogen-bond donors (Lipinski definition) is 0. The summed E-state index contributed by atoms with van der Waals surface area (Å²) < 4.78 is 22.6. The quantitative estimate of drug-likeness (QED) is 0.620.